The zero-order valence-corrected chi connectivity index (χ0v) is 7.49. The second kappa shape index (κ2) is 3.27. The maximum atomic E-state index is 11.1. The zero-order chi connectivity index (χ0) is 9.31. The second-order valence-electron chi connectivity index (χ2n) is 4.00. The number of carboxylic acid groups (broad SMARTS) is 1. The lowest BCUT2D eigenvalue weighted by Crippen LogP contribution is -2.39. The molecule has 2 aliphatic heterocycles. The van der Waals surface area contributed by atoms with E-state index in [4.69, 9.17) is 14.6 Å². The third-order valence-electron chi connectivity index (χ3n) is 2.94. The van der Waals surface area contributed by atoms with Crippen molar-refractivity contribution in [2.75, 3.05) is 26.4 Å². The highest BCUT2D eigenvalue weighted by molar-refractivity contribution is 5.75. The van der Waals surface area contributed by atoms with E-state index in [2.05, 4.69) is 0 Å². The van der Waals surface area contributed by atoms with Gasteiger partial charge in [-0.2, -0.15) is 0 Å². The Hall–Kier alpha value is -0.610. The van der Waals surface area contributed by atoms with Crippen LogP contribution in [0.25, 0.3) is 0 Å². The lowest BCUT2D eigenvalue weighted by Gasteiger charge is -2.32. The Labute approximate surface area is 76.8 Å². The van der Waals surface area contributed by atoms with Crippen LogP contribution < -0.4 is 0 Å². The first-order valence-electron chi connectivity index (χ1n) is 4.62. The first-order valence-corrected chi connectivity index (χ1v) is 4.62. The molecule has 13 heavy (non-hydrogen) atoms. The van der Waals surface area contributed by atoms with Crippen molar-refractivity contribution in [2.45, 2.75) is 12.8 Å². The number of ether oxygens (including phenoxy) is 2. The van der Waals surface area contributed by atoms with Crippen LogP contribution in [0, 0.1) is 11.3 Å². The molecule has 2 aliphatic rings. The number of rotatable bonds is 3. The third kappa shape index (κ3) is 1.56. The van der Waals surface area contributed by atoms with Gasteiger partial charge in [0.15, 0.2) is 0 Å². The van der Waals surface area contributed by atoms with E-state index < -0.39 is 11.4 Å². The van der Waals surface area contributed by atoms with Crippen LogP contribution in [0.5, 0.6) is 0 Å². The van der Waals surface area contributed by atoms with Crippen molar-refractivity contribution in [3.63, 3.8) is 0 Å². The average molecular weight is 186 g/mol. The zero-order valence-electron chi connectivity index (χ0n) is 7.49. The molecule has 74 valence electrons. The number of carboxylic acids is 1. The number of hydrogen-bond donors (Lipinski definition) is 1. The van der Waals surface area contributed by atoms with Crippen LogP contribution in [0.1, 0.15) is 12.8 Å². The number of hydrogen-bond acceptors (Lipinski definition) is 3. The topological polar surface area (TPSA) is 55.8 Å². The first kappa shape index (κ1) is 8.97. The molecule has 0 spiro atoms. The van der Waals surface area contributed by atoms with Crippen molar-refractivity contribution >= 4 is 5.97 Å². The summed E-state index contributed by atoms with van der Waals surface area (Å²) in [6.45, 7) is 2.39. The van der Waals surface area contributed by atoms with Crippen molar-refractivity contribution in [2.24, 2.45) is 11.3 Å². The standard InChI is InChI=1S/C9H14O4/c10-8(11)9(1-2-12-6-9)3-7-4-13-5-7/h7H,1-6H2,(H,10,11). The van der Waals surface area contributed by atoms with Gasteiger partial charge in [-0.05, 0) is 12.8 Å². The molecular formula is C9H14O4. The lowest BCUT2D eigenvalue weighted by atomic mass is 9.78. The molecule has 2 saturated heterocycles. The molecule has 2 heterocycles. The summed E-state index contributed by atoms with van der Waals surface area (Å²) in [5.41, 5.74) is -0.617. The van der Waals surface area contributed by atoms with E-state index in [0.717, 1.165) is 13.2 Å². The smallest absolute Gasteiger partial charge is 0.312 e. The summed E-state index contributed by atoms with van der Waals surface area (Å²) in [5, 5.41) is 9.11. The van der Waals surface area contributed by atoms with Gasteiger partial charge in [-0.3, -0.25) is 4.79 Å². The quantitative estimate of drug-likeness (QED) is 0.698. The minimum Gasteiger partial charge on any atom is -0.481 e. The summed E-state index contributed by atoms with van der Waals surface area (Å²) >= 11 is 0. The van der Waals surface area contributed by atoms with E-state index in [1.54, 1.807) is 0 Å². The Kier molecular flexibility index (Phi) is 2.26. The van der Waals surface area contributed by atoms with E-state index >= 15 is 0 Å². The molecule has 4 heteroatoms. The Morgan fingerprint density at radius 2 is 2.23 bits per heavy atom. The molecular weight excluding hydrogens is 172 g/mol. The largest absolute Gasteiger partial charge is 0.481 e. The van der Waals surface area contributed by atoms with Gasteiger partial charge in [0.1, 0.15) is 0 Å². The molecule has 0 aromatic carbocycles. The maximum Gasteiger partial charge on any atom is 0.312 e. The molecule has 0 aliphatic carbocycles. The van der Waals surface area contributed by atoms with Crippen molar-refractivity contribution < 1.29 is 19.4 Å². The van der Waals surface area contributed by atoms with Crippen LogP contribution in [0.15, 0.2) is 0 Å². The summed E-state index contributed by atoms with van der Waals surface area (Å²) in [6.07, 6.45) is 1.36. The van der Waals surface area contributed by atoms with Gasteiger partial charge in [0.2, 0.25) is 0 Å². The molecule has 1 N–H and O–H groups in total. The highest BCUT2D eigenvalue weighted by atomic mass is 16.5. The minimum absolute atomic E-state index is 0.374. The Balaban J connectivity index is 1.99. The van der Waals surface area contributed by atoms with Crippen molar-refractivity contribution in [3.05, 3.63) is 0 Å². The van der Waals surface area contributed by atoms with Gasteiger partial charge in [0.25, 0.3) is 0 Å². The van der Waals surface area contributed by atoms with Gasteiger partial charge >= 0.3 is 5.97 Å². The van der Waals surface area contributed by atoms with Gasteiger partial charge in [-0.1, -0.05) is 0 Å². The SMILES string of the molecule is O=C(O)C1(CC2COC2)CCOC1. The van der Waals surface area contributed by atoms with Crippen molar-refractivity contribution in [1.29, 1.82) is 0 Å². The van der Waals surface area contributed by atoms with Gasteiger partial charge < -0.3 is 14.6 Å². The predicted octanol–water partition coefficient (Wildman–Crippen LogP) is 0.514. The fourth-order valence-electron chi connectivity index (χ4n) is 1.98. The summed E-state index contributed by atoms with van der Waals surface area (Å²) < 4.78 is 10.2. The molecule has 0 saturated carbocycles. The highest BCUT2D eigenvalue weighted by Crippen LogP contribution is 2.37. The summed E-state index contributed by atoms with van der Waals surface area (Å²) in [6, 6.07) is 0. The summed E-state index contributed by atoms with van der Waals surface area (Å²) in [7, 11) is 0. The fourth-order valence-corrected chi connectivity index (χ4v) is 1.98. The summed E-state index contributed by atoms with van der Waals surface area (Å²) in [4.78, 5) is 11.1. The molecule has 0 radical (unpaired) electrons. The molecule has 0 aromatic rings. The van der Waals surface area contributed by atoms with E-state index in [0.29, 0.717) is 32.0 Å². The molecule has 2 rings (SSSR count). The summed E-state index contributed by atoms with van der Waals surface area (Å²) in [5.74, 6) is -0.283. The van der Waals surface area contributed by atoms with E-state index in [-0.39, 0.29) is 0 Å². The minimum atomic E-state index is -0.711. The van der Waals surface area contributed by atoms with Crippen molar-refractivity contribution in [1.82, 2.24) is 0 Å². The first-order chi connectivity index (χ1) is 6.23. The van der Waals surface area contributed by atoms with Crippen LogP contribution in [-0.4, -0.2) is 37.5 Å². The van der Waals surface area contributed by atoms with Crippen molar-refractivity contribution in [3.8, 4) is 0 Å². The number of aliphatic carboxylic acids is 1. The van der Waals surface area contributed by atoms with Gasteiger partial charge in [-0.15, -0.1) is 0 Å². The van der Waals surface area contributed by atoms with E-state index in [1.807, 2.05) is 0 Å². The van der Waals surface area contributed by atoms with Crippen LogP contribution in [-0.2, 0) is 14.3 Å². The van der Waals surface area contributed by atoms with Crippen LogP contribution >= 0.6 is 0 Å². The maximum absolute atomic E-state index is 11.1. The monoisotopic (exact) mass is 186 g/mol. The highest BCUT2D eigenvalue weighted by Gasteiger charge is 2.45. The average Bonchev–Trinajstić information content (AvgIpc) is 2.46. The Bertz CT molecular complexity index is 204. The second-order valence-corrected chi connectivity index (χ2v) is 4.00. The molecule has 1 unspecified atom stereocenters. The van der Waals surface area contributed by atoms with Gasteiger partial charge in [0.05, 0.1) is 25.2 Å². The normalized spacial score (nSPS) is 34.5. The van der Waals surface area contributed by atoms with E-state index in [1.165, 1.54) is 0 Å². The van der Waals surface area contributed by atoms with Crippen LogP contribution in [0.4, 0.5) is 0 Å². The Morgan fingerprint density at radius 3 is 2.62 bits per heavy atom. The van der Waals surface area contributed by atoms with Crippen LogP contribution in [0.2, 0.25) is 0 Å². The molecule has 0 aromatic heterocycles. The molecule has 1 atom stereocenters. The Morgan fingerprint density at radius 1 is 1.46 bits per heavy atom. The molecule has 0 amide bonds. The fraction of sp³-hybridized carbons (Fsp3) is 0.889. The molecule has 2 fully saturated rings. The third-order valence-corrected chi connectivity index (χ3v) is 2.94. The molecule has 0 bridgehead atoms. The van der Waals surface area contributed by atoms with E-state index in [9.17, 15) is 4.79 Å². The predicted molar refractivity (Wildman–Crippen MR) is 44.4 cm³/mol. The number of carbonyl (C=O) groups is 1. The van der Waals surface area contributed by atoms with Gasteiger partial charge in [0, 0.05) is 12.5 Å². The molecule has 4 nitrogen and oxygen atoms in total. The van der Waals surface area contributed by atoms with Gasteiger partial charge in [-0.25, -0.2) is 0 Å². The lowest BCUT2D eigenvalue weighted by molar-refractivity contribution is -0.153. The van der Waals surface area contributed by atoms with Crippen LogP contribution in [0.3, 0.4) is 0 Å².